The minimum absolute atomic E-state index is 0.0704. The maximum absolute atomic E-state index is 12.1. The van der Waals surface area contributed by atoms with E-state index in [0.717, 1.165) is 5.56 Å². The standard InChI is InChI=1S/C13H11Cl2N3O/c1-7-3-2-4-8(14)11(7)18-13(19)12-9(15)5-6-10(16)17-12/h2-6H,1H3,(H2,16,17)(H,18,19). The number of nitrogens with two attached hydrogens (primary N) is 1. The quantitative estimate of drug-likeness (QED) is 0.890. The molecule has 98 valence electrons. The summed E-state index contributed by atoms with van der Waals surface area (Å²) >= 11 is 12.0. The third-order valence-corrected chi connectivity index (χ3v) is 3.16. The van der Waals surface area contributed by atoms with E-state index in [9.17, 15) is 4.79 Å². The minimum atomic E-state index is -0.450. The average molecular weight is 296 g/mol. The highest BCUT2D eigenvalue weighted by atomic mass is 35.5. The van der Waals surface area contributed by atoms with Gasteiger partial charge in [-0.25, -0.2) is 4.98 Å². The number of amides is 1. The highest BCUT2D eigenvalue weighted by Gasteiger charge is 2.15. The van der Waals surface area contributed by atoms with Gasteiger partial charge in [-0.3, -0.25) is 4.79 Å². The SMILES string of the molecule is Cc1cccc(Cl)c1NC(=O)c1nc(N)ccc1Cl. The fourth-order valence-corrected chi connectivity index (χ4v) is 2.04. The summed E-state index contributed by atoms with van der Waals surface area (Å²) in [5, 5.41) is 3.37. The molecule has 1 amide bonds. The summed E-state index contributed by atoms with van der Waals surface area (Å²) in [4.78, 5) is 16.0. The molecule has 2 aromatic rings. The summed E-state index contributed by atoms with van der Waals surface area (Å²) in [6.07, 6.45) is 0. The van der Waals surface area contributed by atoms with E-state index in [1.54, 1.807) is 12.1 Å². The van der Waals surface area contributed by atoms with Gasteiger partial charge in [0.1, 0.15) is 11.5 Å². The summed E-state index contributed by atoms with van der Waals surface area (Å²) in [7, 11) is 0. The molecule has 0 spiro atoms. The van der Waals surface area contributed by atoms with Gasteiger partial charge < -0.3 is 11.1 Å². The number of nitrogens with one attached hydrogen (secondary N) is 1. The first kappa shape index (κ1) is 13.6. The molecular weight excluding hydrogens is 285 g/mol. The van der Waals surface area contributed by atoms with Crippen LogP contribution in [0.4, 0.5) is 11.5 Å². The van der Waals surface area contributed by atoms with Crippen LogP contribution in [0.25, 0.3) is 0 Å². The van der Waals surface area contributed by atoms with Crippen LogP contribution in [0.2, 0.25) is 10.0 Å². The Morgan fingerprint density at radius 3 is 2.63 bits per heavy atom. The van der Waals surface area contributed by atoms with Crippen LogP contribution in [0.1, 0.15) is 16.1 Å². The Hall–Kier alpha value is -1.78. The summed E-state index contributed by atoms with van der Waals surface area (Å²) in [5.74, 6) is -0.223. The molecule has 3 N–H and O–H groups in total. The number of halogens is 2. The molecule has 0 aliphatic rings. The van der Waals surface area contributed by atoms with Crippen molar-refractivity contribution in [1.29, 1.82) is 0 Å². The smallest absolute Gasteiger partial charge is 0.275 e. The predicted octanol–water partition coefficient (Wildman–Crippen LogP) is 3.53. The first-order valence-electron chi connectivity index (χ1n) is 5.47. The van der Waals surface area contributed by atoms with E-state index in [4.69, 9.17) is 28.9 Å². The highest BCUT2D eigenvalue weighted by Crippen LogP contribution is 2.26. The number of nitrogen functional groups attached to an aromatic ring is 1. The van der Waals surface area contributed by atoms with Crippen LogP contribution in [0.3, 0.4) is 0 Å². The van der Waals surface area contributed by atoms with Gasteiger partial charge in [-0.05, 0) is 30.7 Å². The summed E-state index contributed by atoms with van der Waals surface area (Å²) in [6.45, 7) is 1.84. The normalized spacial score (nSPS) is 10.3. The molecule has 6 heteroatoms. The molecule has 0 aliphatic heterocycles. The molecule has 0 unspecified atom stereocenters. The zero-order valence-electron chi connectivity index (χ0n) is 10.1. The largest absolute Gasteiger partial charge is 0.384 e. The second kappa shape index (κ2) is 5.47. The van der Waals surface area contributed by atoms with E-state index in [0.29, 0.717) is 10.7 Å². The highest BCUT2D eigenvalue weighted by molar-refractivity contribution is 6.35. The van der Waals surface area contributed by atoms with Crippen LogP contribution in [0, 0.1) is 6.92 Å². The Morgan fingerprint density at radius 1 is 1.21 bits per heavy atom. The van der Waals surface area contributed by atoms with Gasteiger partial charge in [0.15, 0.2) is 0 Å². The maximum Gasteiger partial charge on any atom is 0.275 e. The first-order chi connectivity index (χ1) is 8.99. The number of nitrogens with zero attached hydrogens (tertiary/aromatic N) is 1. The number of para-hydroxylation sites is 1. The second-order valence-corrected chi connectivity index (χ2v) is 4.77. The van der Waals surface area contributed by atoms with E-state index in [1.165, 1.54) is 12.1 Å². The second-order valence-electron chi connectivity index (χ2n) is 3.95. The molecule has 0 radical (unpaired) electrons. The Labute approximate surface area is 120 Å². The van der Waals surface area contributed by atoms with Gasteiger partial charge >= 0.3 is 0 Å². The number of pyridine rings is 1. The number of aryl methyl sites for hydroxylation is 1. The maximum atomic E-state index is 12.1. The van der Waals surface area contributed by atoms with Crippen molar-refractivity contribution in [2.24, 2.45) is 0 Å². The lowest BCUT2D eigenvalue weighted by Gasteiger charge is -2.10. The van der Waals surface area contributed by atoms with Crippen molar-refractivity contribution in [3.8, 4) is 0 Å². The Balaban J connectivity index is 2.34. The van der Waals surface area contributed by atoms with Gasteiger partial charge in [-0.1, -0.05) is 35.3 Å². The number of aromatic nitrogens is 1. The number of anilines is 2. The van der Waals surface area contributed by atoms with E-state index in [-0.39, 0.29) is 16.5 Å². The Bertz CT molecular complexity index is 624. The third-order valence-electron chi connectivity index (χ3n) is 2.54. The van der Waals surface area contributed by atoms with Gasteiger partial charge in [0.2, 0.25) is 0 Å². The molecule has 0 fully saturated rings. The number of carbonyl (C=O) groups is 1. The summed E-state index contributed by atoms with van der Waals surface area (Å²) < 4.78 is 0. The van der Waals surface area contributed by atoms with Gasteiger partial charge in [0.25, 0.3) is 5.91 Å². The molecule has 2 rings (SSSR count). The topological polar surface area (TPSA) is 68.0 Å². The van der Waals surface area contributed by atoms with E-state index in [2.05, 4.69) is 10.3 Å². The van der Waals surface area contributed by atoms with Crippen LogP contribution in [-0.2, 0) is 0 Å². The minimum Gasteiger partial charge on any atom is -0.384 e. The van der Waals surface area contributed by atoms with Crippen LogP contribution in [0.15, 0.2) is 30.3 Å². The fourth-order valence-electron chi connectivity index (χ4n) is 1.58. The Morgan fingerprint density at radius 2 is 1.95 bits per heavy atom. The number of hydrogen-bond acceptors (Lipinski definition) is 3. The van der Waals surface area contributed by atoms with Crippen LogP contribution in [0.5, 0.6) is 0 Å². The van der Waals surface area contributed by atoms with Crippen LogP contribution < -0.4 is 11.1 Å². The molecule has 1 aromatic heterocycles. The van der Waals surface area contributed by atoms with Crippen LogP contribution >= 0.6 is 23.2 Å². The zero-order chi connectivity index (χ0) is 14.0. The fraction of sp³-hybridized carbons (Fsp3) is 0.0769. The van der Waals surface area contributed by atoms with Gasteiger partial charge in [0, 0.05) is 0 Å². The predicted molar refractivity (Wildman–Crippen MR) is 77.8 cm³/mol. The molecule has 1 heterocycles. The molecule has 4 nitrogen and oxygen atoms in total. The molecule has 0 bridgehead atoms. The van der Waals surface area contributed by atoms with Gasteiger partial charge in [-0.2, -0.15) is 0 Å². The number of rotatable bonds is 2. The van der Waals surface area contributed by atoms with E-state index in [1.807, 2.05) is 13.0 Å². The zero-order valence-corrected chi connectivity index (χ0v) is 11.6. The number of benzene rings is 1. The first-order valence-corrected chi connectivity index (χ1v) is 6.23. The van der Waals surface area contributed by atoms with Gasteiger partial charge in [-0.15, -0.1) is 0 Å². The van der Waals surface area contributed by atoms with Crippen molar-refractivity contribution in [3.63, 3.8) is 0 Å². The van der Waals surface area contributed by atoms with Crippen molar-refractivity contribution in [2.75, 3.05) is 11.1 Å². The van der Waals surface area contributed by atoms with E-state index < -0.39 is 5.91 Å². The van der Waals surface area contributed by atoms with Gasteiger partial charge in [0.05, 0.1) is 15.7 Å². The summed E-state index contributed by atoms with van der Waals surface area (Å²) in [6, 6.07) is 8.39. The van der Waals surface area contributed by atoms with Crippen LogP contribution in [-0.4, -0.2) is 10.9 Å². The average Bonchev–Trinajstić information content (AvgIpc) is 2.37. The molecule has 0 saturated heterocycles. The lowest BCUT2D eigenvalue weighted by molar-refractivity contribution is 0.102. The van der Waals surface area contributed by atoms with Crippen molar-refractivity contribution in [3.05, 3.63) is 51.6 Å². The number of carbonyl (C=O) groups excluding carboxylic acids is 1. The van der Waals surface area contributed by atoms with E-state index >= 15 is 0 Å². The Kier molecular flexibility index (Phi) is 3.93. The van der Waals surface area contributed by atoms with Crippen molar-refractivity contribution < 1.29 is 4.79 Å². The molecule has 0 atom stereocenters. The van der Waals surface area contributed by atoms with Crippen molar-refractivity contribution >= 4 is 40.6 Å². The molecular formula is C13H11Cl2N3O. The monoisotopic (exact) mass is 295 g/mol. The van der Waals surface area contributed by atoms with Crippen molar-refractivity contribution in [1.82, 2.24) is 4.98 Å². The molecule has 0 aliphatic carbocycles. The molecule has 1 aromatic carbocycles. The lowest BCUT2D eigenvalue weighted by Crippen LogP contribution is -2.16. The number of hydrogen-bond donors (Lipinski definition) is 2. The molecule has 19 heavy (non-hydrogen) atoms. The third kappa shape index (κ3) is 2.97. The summed E-state index contributed by atoms with van der Waals surface area (Å²) in [5.41, 5.74) is 7.00. The lowest BCUT2D eigenvalue weighted by atomic mass is 10.2. The van der Waals surface area contributed by atoms with Crippen molar-refractivity contribution in [2.45, 2.75) is 6.92 Å². The molecule has 0 saturated carbocycles.